The molecule has 1 atom stereocenters. The Morgan fingerprint density at radius 3 is 2.67 bits per heavy atom. The van der Waals surface area contributed by atoms with Crippen LogP contribution < -0.4 is 10.1 Å². The first kappa shape index (κ1) is 15.8. The number of nitrogens with one attached hydrogen (secondary N) is 1. The number of benzene rings is 2. The lowest BCUT2D eigenvalue weighted by Gasteiger charge is -2.14. The van der Waals surface area contributed by atoms with Crippen molar-refractivity contribution in [1.29, 1.82) is 0 Å². The highest BCUT2D eigenvalue weighted by molar-refractivity contribution is 6.30. The van der Waals surface area contributed by atoms with Crippen molar-refractivity contribution in [3.05, 3.63) is 64.4 Å². The molecule has 0 heterocycles. The first-order chi connectivity index (χ1) is 10.1. The fraction of sp³-hybridized carbons (Fsp3) is 0.294. The van der Waals surface area contributed by atoms with Crippen molar-refractivity contribution in [2.24, 2.45) is 0 Å². The van der Waals surface area contributed by atoms with Crippen molar-refractivity contribution in [3.8, 4) is 5.75 Å². The summed E-state index contributed by atoms with van der Waals surface area (Å²) in [5, 5.41) is 4.13. The van der Waals surface area contributed by atoms with Gasteiger partial charge in [0.15, 0.2) is 11.6 Å². The first-order valence-corrected chi connectivity index (χ1v) is 7.26. The van der Waals surface area contributed by atoms with Crippen molar-refractivity contribution in [1.82, 2.24) is 5.32 Å². The van der Waals surface area contributed by atoms with Crippen molar-refractivity contribution < 1.29 is 9.13 Å². The molecule has 2 aromatic rings. The summed E-state index contributed by atoms with van der Waals surface area (Å²) in [7, 11) is 1.46. The van der Waals surface area contributed by atoms with Crippen LogP contribution in [0.15, 0.2) is 42.5 Å². The topological polar surface area (TPSA) is 21.3 Å². The van der Waals surface area contributed by atoms with E-state index in [1.165, 1.54) is 18.7 Å². The zero-order valence-corrected chi connectivity index (χ0v) is 13.0. The average Bonchev–Trinajstić information content (AvgIpc) is 2.45. The summed E-state index contributed by atoms with van der Waals surface area (Å²) in [5.74, 6) is -0.0648. The zero-order valence-electron chi connectivity index (χ0n) is 12.2. The van der Waals surface area contributed by atoms with E-state index >= 15 is 0 Å². The van der Waals surface area contributed by atoms with Crippen LogP contribution >= 0.6 is 11.6 Å². The largest absolute Gasteiger partial charge is 0.494 e. The van der Waals surface area contributed by atoms with E-state index < -0.39 is 0 Å². The standard InChI is InChI=1S/C17H19ClFNO/c1-12(8-13-4-3-5-15(18)9-13)20-11-14-6-7-17(21-2)16(19)10-14/h3-7,9-10,12,20H,8,11H2,1-2H3. The molecule has 0 bridgehead atoms. The molecule has 2 aromatic carbocycles. The van der Waals surface area contributed by atoms with Gasteiger partial charge >= 0.3 is 0 Å². The number of rotatable bonds is 6. The fourth-order valence-electron chi connectivity index (χ4n) is 2.20. The number of ether oxygens (including phenoxy) is 1. The lowest BCUT2D eigenvalue weighted by atomic mass is 10.1. The van der Waals surface area contributed by atoms with Crippen LogP contribution in [0, 0.1) is 5.82 Å². The monoisotopic (exact) mass is 307 g/mol. The van der Waals surface area contributed by atoms with E-state index in [9.17, 15) is 4.39 Å². The Morgan fingerprint density at radius 2 is 2.00 bits per heavy atom. The van der Waals surface area contributed by atoms with Gasteiger partial charge < -0.3 is 10.1 Å². The molecule has 1 unspecified atom stereocenters. The number of hydrogen-bond donors (Lipinski definition) is 1. The predicted octanol–water partition coefficient (Wildman–Crippen LogP) is 4.21. The molecule has 4 heteroatoms. The molecule has 2 rings (SSSR count). The Labute approximate surface area is 129 Å². The van der Waals surface area contributed by atoms with Gasteiger partial charge in [-0.05, 0) is 48.7 Å². The van der Waals surface area contributed by atoms with E-state index in [1.54, 1.807) is 6.07 Å². The number of methoxy groups -OCH3 is 1. The van der Waals surface area contributed by atoms with E-state index in [-0.39, 0.29) is 17.6 Å². The second-order valence-corrected chi connectivity index (χ2v) is 5.52. The van der Waals surface area contributed by atoms with Gasteiger partial charge in [-0.25, -0.2) is 4.39 Å². The van der Waals surface area contributed by atoms with Crippen LogP contribution in [0.25, 0.3) is 0 Å². The van der Waals surface area contributed by atoms with Crippen molar-refractivity contribution in [2.75, 3.05) is 7.11 Å². The van der Waals surface area contributed by atoms with Gasteiger partial charge in [0.05, 0.1) is 7.11 Å². The van der Waals surface area contributed by atoms with Gasteiger partial charge in [0, 0.05) is 17.6 Å². The third-order valence-corrected chi connectivity index (χ3v) is 3.54. The van der Waals surface area contributed by atoms with E-state index in [0.29, 0.717) is 6.54 Å². The maximum absolute atomic E-state index is 13.6. The second kappa shape index (κ2) is 7.43. The lowest BCUT2D eigenvalue weighted by molar-refractivity contribution is 0.386. The van der Waals surface area contributed by atoms with Crippen LogP contribution in [0.5, 0.6) is 5.75 Å². The fourth-order valence-corrected chi connectivity index (χ4v) is 2.41. The van der Waals surface area contributed by atoms with Crippen molar-refractivity contribution in [2.45, 2.75) is 25.9 Å². The number of hydrogen-bond acceptors (Lipinski definition) is 2. The molecule has 0 saturated carbocycles. The minimum Gasteiger partial charge on any atom is -0.494 e. The highest BCUT2D eigenvalue weighted by Crippen LogP contribution is 2.18. The van der Waals surface area contributed by atoms with Crippen molar-refractivity contribution in [3.63, 3.8) is 0 Å². The van der Waals surface area contributed by atoms with Gasteiger partial charge in [0.1, 0.15) is 0 Å². The summed E-state index contributed by atoms with van der Waals surface area (Å²) >= 11 is 5.97. The Bertz CT molecular complexity index is 603. The van der Waals surface area contributed by atoms with Crippen LogP contribution in [0.3, 0.4) is 0 Å². The molecular formula is C17H19ClFNO. The Hall–Kier alpha value is -1.58. The van der Waals surface area contributed by atoms with Gasteiger partial charge in [0.2, 0.25) is 0 Å². The minimum absolute atomic E-state index is 0.269. The van der Waals surface area contributed by atoms with Gasteiger partial charge in [-0.15, -0.1) is 0 Å². The molecule has 0 saturated heterocycles. The molecule has 0 spiro atoms. The van der Waals surface area contributed by atoms with Crippen LogP contribution in [-0.4, -0.2) is 13.2 Å². The van der Waals surface area contributed by atoms with Gasteiger partial charge in [-0.3, -0.25) is 0 Å². The quantitative estimate of drug-likeness (QED) is 0.863. The smallest absolute Gasteiger partial charge is 0.165 e. The lowest BCUT2D eigenvalue weighted by Crippen LogP contribution is -2.27. The summed E-state index contributed by atoms with van der Waals surface area (Å²) < 4.78 is 18.5. The van der Waals surface area contributed by atoms with Crippen LogP contribution in [0.2, 0.25) is 5.02 Å². The SMILES string of the molecule is COc1ccc(CNC(C)Cc2cccc(Cl)c2)cc1F. The highest BCUT2D eigenvalue weighted by atomic mass is 35.5. The molecule has 0 aromatic heterocycles. The maximum atomic E-state index is 13.6. The maximum Gasteiger partial charge on any atom is 0.165 e. The molecular weight excluding hydrogens is 289 g/mol. The third-order valence-electron chi connectivity index (χ3n) is 3.30. The van der Waals surface area contributed by atoms with Crippen LogP contribution in [0.4, 0.5) is 4.39 Å². The van der Waals surface area contributed by atoms with Crippen molar-refractivity contribution >= 4 is 11.6 Å². The molecule has 0 aliphatic heterocycles. The summed E-state index contributed by atoms with van der Waals surface area (Å²) in [6, 6.07) is 13.1. The molecule has 2 nitrogen and oxygen atoms in total. The summed E-state index contributed by atoms with van der Waals surface area (Å²) in [4.78, 5) is 0. The first-order valence-electron chi connectivity index (χ1n) is 6.88. The normalized spacial score (nSPS) is 12.2. The number of halogens is 2. The molecule has 0 aliphatic rings. The third kappa shape index (κ3) is 4.73. The molecule has 0 radical (unpaired) electrons. The summed E-state index contributed by atoms with van der Waals surface area (Å²) in [5.41, 5.74) is 2.08. The Balaban J connectivity index is 1.89. The van der Waals surface area contributed by atoms with Crippen LogP contribution in [-0.2, 0) is 13.0 Å². The average molecular weight is 308 g/mol. The van der Waals surface area contributed by atoms with Gasteiger partial charge in [-0.2, -0.15) is 0 Å². The molecule has 1 N–H and O–H groups in total. The van der Waals surface area contributed by atoms with E-state index in [0.717, 1.165) is 17.0 Å². The molecule has 0 aliphatic carbocycles. The van der Waals surface area contributed by atoms with E-state index in [1.807, 2.05) is 24.3 Å². The summed E-state index contributed by atoms with van der Waals surface area (Å²) in [6.07, 6.45) is 0.874. The summed E-state index contributed by atoms with van der Waals surface area (Å²) in [6.45, 7) is 2.71. The Morgan fingerprint density at radius 1 is 1.19 bits per heavy atom. The van der Waals surface area contributed by atoms with E-state index in [2.05, 4.69) is 18.3 Å². The molecule has 0 amide bonds. The van der Waals surface area contributed by atoms with E-state index in [4.69, 9.17) is 16.3 Å². The zero-order chi connectivity index (χ0) is 15.2. The highest BCUT2D eigenvalue weighted by Gasteiger charge is 2.06. The second-order valence-electron chi connectivity index (χ2n) is 5.08. The molecule has 112 valence electrons. The molecule has 21 heavy (non-hydrogen) atoms. The van der Waals surface area contributed by atoms with Crippen LogP contribution in [0.1, 0.15) is 18.1 Å². The Kier molecular flexibility index (Phi) is 5.59. The predicted molar refractivity (Wildman–Crippen MR) is 84.4 cm³/mol. The van der Waals surface area contributed by atoms with Gasteiger partial charge in [-0.1, -0.05) is 29.8 Å². The minimum atomic E-state index is -0.334. The van der Waals surface area contributed by atoms with Gasteiger partial charge in [0.25, 0.3) is 0 Å². The molecule has 0 fully saturated rings.